The Bertz CT molecular complexity index is 958. The maximum absolute atomic E-state index is 12.5. The summed E-state index contributed by atoms with van der Waals surface area (Å²) in [5, 5.41) is 0. The van der Waals surface area contributed by atoms with Gasteiger partial charge in [-0.25, -0.2) is 4.57 Å². The van der Waals surface area contributed by atoms with Gasteiger partial charge in [0.1, 0.15) is 6.61 Å². The molecule has 0 aromatic carbocycles. The van der Waals surface area contributed by atoms with Gasteiger partial charge in [-0.2, -0.15) is 0 Å². The molecule has 0 aromatic rings. The first-order valence-electron chi connectivity index (χ1n) is 19.8. The summed E-state index contributed by atoms with van der Waals surface area (Å²) in [4.78, 5) is 34.4. The maximum Gasteiger partial charge on any atom is 0.472 e. The number of ether oxygens (including phenoxy) is 2. The summed E-state index contributed by atoms with van der Waals surface area (Å²) in [5.74, 6) is -0.835. The highest BCUT2D eigenvalue weighted by Crippen LogP contribution is 2.42. The molecule has 0 aliphatic rings. The number of phosphoric acid groups is 1. The van der Waals surface area contributed by atoms with Crippen LogP contribution in [0.15, 0.2) is 48.6 Å². The molecule has 2 atom stereocenters. The van der Waals surface area contributed by atoms with Gasteiger partial charge in [0.2, 0.25) is 0 Å². The van der Waals surface area contributed by atoms with E-state index in [0.29, 0.717) is 6.42 Å². The van der Waals surface area contributed by atoms with Crippen molar-refractivity contribution in [2.24, 2.45) is 0 Å². The Balaban J connectivity index is 4.08. The number of unbranched alkanes of at least 4 members (excludes halogenated alkanes) is 17. The predicted octanol–water partition coefficient (Wildman–Crippen LogP) is 12.2. The molecule has 0 rings (SSSR count). The zero-order chi connectivity index (χ0) is 36.8. The van der Waals surface area contributed by atoms with Gasteiger partial charge in [-0.1, -0.05) is 140 Å². The van der Waals surface area contributed by atoms with E-state index in [1.54, 1.807) is 0 Å². The minimum atomic E-state index is -4.27. The van der Waals surface area contributed by atoms with E-state index < -0.39 is 26.5 Å². The average molecular weight is 725 g/mol. The lowest BCUT2D eigenvalue weighted by molar-refractivity contribution is -0.161. The summed E-state index contributed by atoms with van der Waals surface area (Å²) in [6, 6.07) is 0. The first kappa shape index (κ1) is 48.0. The van der Waals surface area contributed by atoms with Crippen molar-refractivity contribution >= 4 is 19.8 Å². The summed E-state index contributed by atoms with van der Waals surface area (Å²) in [7, 11) is -3.21. The molecule has 0 aliphatic heterocycles. The number of esters is 2. The van der Waals surface area contributed by atoms with Gasteiger partial charge in [0.25, 0.3) is 0 Å². The van der Waals surface area contributed by atoms with E-state index in [-0.39, 0.29) is 25.4 Å². The van der Waals surface area contributed by atoms with E-state index in [4.69, 9.17) is 14.0 Å². The first-order chi connectivity index (χ1) is 24.3. The monoisotopic (exact) mass is 725 g/mol. The number of hydrogen-bond acceptors (Lipinski definition) is 7. The molecule has 50 heavy (non-hydrogen) atoms. The molecule has 0 saturated heterocycles. The minimum Gasteiger partial charge on any atom is -0.462 e. The fraction of sp³-hybridized carbons (Fsp3) is 0.756. The molecule has 0 aromatic heterocycles. The number of phosphoric ester groups is 1. The number of carbonyl (C=O) groups is 2. The van der Waals surface area contributed by atoms with Gasteiger partial charge in [0, 0.05) is 20.0 Å². The molecule has 0 saturated carbocycles. The van der Waals surface area contributed by atoms with E-state index in [2.05, 4.69) is 67.0 Å². The number of carbonyl (C=O) groups excluding carboxylic acids is 2. The zero-order valence-electron chi connectivity index (χ0n) is 32.0. The molecule has 8 nitrogen and oxygen atoms in total. The minimum absolute atomic E-state index is 0.222. The third kappa shape index (κ3) is 35.8. The molecule has 0 heterocycles. The second kappa shape index (κ2) is 36.8. The summed E-state index contributed by atoms with van der Waals surface area (Å²) in [6.07, 6.45) is 43.0. The molecule has 9 heteroatoms. The molecule has 0 spiro atoms. The second-order valence-electron chi connectivity index (χ2n) is 13.0. The normalized spacial score (nSPS) is 13.9. The van der Waals surface area contributed by atoms with Gasteiger partial charge < -0.3 is 14.4 Å². The van der Waals surface area contributed by atoms with Gasteiger partial charge in [-0.3, -0.25) is 18.6 Å². The van der Waals surface area contributed by atoms with Crippen molar-refractivity contribution in [3.63, 3.8) is 0 Å². The topological polar surface area (TPSA) is 108 Å². The van der Waals surface area contributed by atoms with Crippen LogP contribution in [0.3, 0.4) is 0 Å². The molecular weight excluding hydrogens is 651 g/mol. The molecule has 0 radical (unpaired) electrons. The molecule has 0 amide bonds. The smallest absolute Gasteiger partial charge is 0.462 e. The highest BCUT2D eigenvalue weighted by Gasteiger charge is 2.24. The second-order valence-corrected chi connectivity index (χ2v) is 14.6. The van der Waals surface area contributed by atoms with Crippen LogP contribution in [0.2, 0.25) is 0 Å². The fourth-order valence-corrected chi connectivity index (χ4v) is 5.71. The summed E-state index contributed by atoms with van der Waals surface area (Å²) >= 11 is 0. The molecule has 0 bridgehead atoms. The van der Waals surface area contributed by atoms with Crippen molar-refractivity contribution in [2.75, 3.05) is 20.3 Å². The van der Waals surface area contributed by atoms with Crippen LogP contribution in [0.25, 0.3) is 0 Å². The molecule has 1 N–H and O–H groups in total. The number of rotatable bonds is 36. The predicted molar refractivity (Wildman–Crippen MR) is 207 cm³/mol. The molecule has 0 aliphatic carbocycles. The van der Waals surface area contributed by atoms with E-state index in [9.17, 15) is 19.0 Å². The Kier molecular flexibility index (Phi) is 35.3. The third-order valence-electron chi connectivity index (χ3n) is 8.31. The van der Waals surface area contributed by atoms with Crippen molar-refractivity contribution in [2.45, 2.75) is 180 Å². The molecule has 290 valence electrons. The van der Waals surface area contributed by atoms with Crippen molar-refractivity contribution in [3.8, 4) is 0 Å². The molecular formula is C41H73O8P. The van der Waals surface area contributed by atoms with Crippen LogP contribution in [0.5, 0.6) is 0 Å². The number of allylic oxidation sites excluding steroid dienone is 8. The maximum atomic E-state index is 12.5. The van der Waals surface area contributed by atoms with Crippen molar-refractivity contribution < 1.29 is 37.6 Å². The fourth-order valence-electron chi connectivity index (χ4n) is 5.25. The SMILES string of the molecule is CC/C=C\C/C=C\C/C=C\CCCCCCCC(=O)OC(COC(=O)CCCCCCC/C=C\CCCCCCCCC)COP(=O)(O)OC. The summed E-state index contributed by atoms with van der Waals surface area (Å²) in [5.41, 5.74) is 0. The van der Waals surface area contributed by atoms with Crippen LogP contribution < -0.4 is 0 Å². The number of hydrogen-bond donors (Lipinski definition) is 1. The average Bonchev–Trinajstić information content (AvgIpc) is 3.10. The van der Waals surface area contributed by atoms with Crippen molar-refractivity contribution in [1.29, 1.82) is 0 Å². The Labute approximate surface area is 306 Å². The quantitative estimate of drug-likeness (QED) is 0.0294. The Morgan fingerprint density at radius 2 is 1.02 bits per heavy atom. The molecule has 0 fully saturated rings. The van der Waals surface area contributed by atoms with Crippen LogP contribution in [0.1, 0.15) is 174 Å². The highest BCUT2D eigenvalue weighted by atomic mass is 31.2. The van der Waals surface area contributed by atoms with Crippen LogP contribution in [0, 0.1) is 0 Å². The lowest BCUT2D eigenvalue weighted by atomic mass is 10.1. The van der Waals surface area contributed by atoms with Gasteiger partial charge in [0.15, 0.2) is 6.10 Å². The Morgan fingerprint density at radius 3 is 1.54 bits per heavy atom. The first-order valence-corrected chi connectivity index (χ1v) is 21.3. The van der Waals surface area contributed by atoms with Gasteiger partial charge >= 0.3 is 19.8 Å². The lowest BCUT2D eigenvalue weighted by Gasteiger charge is -2.19. The zero-order valence-corrected chi connectivity index (χ0v) is 32.9. The standard InChI is InChI=1S/C41H73O8P/c1-4-6-8-10-12-14-16-18-20-22-23-25-27-29-31-33-35-40(42)47-37-39(38-48-50(44,45)46-3)49-41(43)36-34-32-30-28-26-24-21-19-17-15-13-11-9-7-5-2/h7,9,13,15,19-22,39H,4-6,8,10-12,14,16-18,23-38H2,1-3H3,(H,44,45)/b9-7-,15-13-,21-19-,22-20-. The lowest BCUT2D eigenvalue weighted by Crippen LogP contribution is -2.29. The largest absolute Gasteiger partial charge is 0.472 e. The van der Waals surface area contributed by atoms with Crippen molar-refractivity contribution in [3.05, 3.63) is 48.6 Å². The molecule has 2 unspecified atom stereocenters. The van der Waals surface area contributed by atoms with E-state index in [1.165, 1.54) is 51.4 Å². The summed E-state index contributed by atoms with van der Waals surface area (Å²) < 4.78 is 31.9. The van der Waals surface area contributed by atoms with E-state index in [1.807, 2.05) is 0 Å². The highest BCUT2D eigenvalue weighted by molar-refractivity contribution is 7.47. The Morgan fingerprint density at radius 1 is 0.580 bits per heavy atom. The van der Waals surface area contributed by atoms with Crippen molar-refractivity contribution in [1.82, 2.24) is 0 Å². The van der Waals surface area contributed by atoms with Gasteiger partial charge in [-0.15, -0.1) is 0 Å². The van der Waals surface area contributed by atoms with E-state index in [0.717, 1.165) is 97.0 Å². The third-order valence-corrected chi connectivity index (χ3v) is 9.24. The van der Waals surface area contributed by atoms with Crippen LogP contribution in [-0.4, -0.2) is 43.3 Å². The Hall–Kier alpha value is -1.99. The van der Waals surface area contributed by atoms with Crippen LogP contribution in [-0.2, 0) is 32.7 Å². The summed E-state index contributed by atoms with van der Waals surface area (Å²) in [6.45, 7) is 3.74. The van der Waals surface area contributed by atoms with E-state index >= 15 is 0 Å². The van der Waals surface area contributed by atoms with Gasteiger partial charge in [-0.05, 0) is 70.6 Å². The van der Waals surface area contributed by atoms with Crippen LogP contribution >= 0.6 is 7.82 Å². The van der Waals surface area contributed by atoms with Gasteiger partial charge in [0.05, 0.1) is 6.61 Å². The van der Waals surface area contributed by atoms with Crippen LogP contribution in [0.4, 0.5) is 0 Å².